The molecule has 4 aromatic rings. The fraction of sp³-hybridized carbons (Fsp3) is 0.235. The van der Waals surface area contributed by atoms with E-state index in [2.05, 4.69) is 49.4 Å². The highest BCUT2D eigenvalue weighted by Crippen LogP contribution is 2.40. The topological polar surface area (TPSA) is 41.9 Å². The van der Waals surface area contributed by atoms with Crippen molar-refractivity contribution in [2.75, 3.05) is 0 Å². The molecule has 4 aromatic carbocycles. The number of carbonyl (C=O) groups excluding carboxylic acids is 1. The molecule has 2 fully saturated rings. The number of amidine groups is 1. The first-order valence-electron chi connectivity index (χ1n) is 13.7. The zero-order valence-corrected chi connectivity index (χ0v) is 23.0. The van der Waals surface area contributed by atoms with E-state index in [4.69, 9.17) is 9.73 Å². The number of fused-ring (bicyclic) bond motifs is 1. The molecule has 4 nitrogen and oxygen atoms in total. The van der Waals surface area contributed by atoms with E-state index < -0.39 is 0 Å². The van der Waals surface area contributed by atoms with Crippen molar-refractivity contribution in [2.45, 2.75) is 51.7 Å². The summed E-state index contributed by atoms with van der Waals surface area (Å²) in [5.41, 5.74) is 4.10. The van der Waals surface area contributed by atoms with Gasteiger partial charge in [-0.05, 0) is 72.1 Å². The number of nitrogens with zero attached hydrogens (tertiary/aromatic N) is 2. The Bertz CT molecular complexity index is 1540. The smallest absolute Gasteiger partial charge is 0.267 e. The zero-order valence-electron chi connectivity index (χ0n) is 22.2. The summed E-state index contributed by atoms with van der Waals surface area (Å²) in [6.07, 6.45) is 7.59. The van der Waals surface area contributed by atoms with E-state index in [0.29, 0.717) is 11.5 Å². The number of aliphatic imine (C=N–C) groups is 1. The standard InChI is InChI=1S/C34H32N2O2S/c1-24-16-19-27(20-17-24)35-34-36(28-13-6-3-7-14-28)33(37)32(39-34)22-30-29-15-9-8-12-26(29)18-21-31(30)38-23-25-10-4-2-5-11-25/h2,4-5,8-12,15-22,28H,3,6-7,13-14,23H2,1H3/b32-22+,35-34?. The predicted octanol–water partition coefficient (Wildman–Crippen LogP) is 8.66. The van der Waals surface area contributed by atoms with Crippen molar-refractivity contribution in [3.05, 3.63) is 113 Å². The van der Waals surface area contributed by atoms with Gasteiger partial charge in [-0.15, -0.1) is 0 Å². The van der Waals surface area contributed by atoms with E-state index in [1.54, 1.807) is 0 Å². The highest BCUT2D eigenvalue weighted by molar-refractivity contribution is 8.18. The molecule has 5 heteroatoms. The third-order valence-corrected chi connectivity index (χ3v) is 8.46. The van der Waals surface area contributed by atoms with Crippen LogP contribution in [0.5, 0.6) is 5.75 Å². The largest absolute Gasteiger partial charge is 0.488 e. The second-order valence-corrected chi connectivity index (χ2v) is 11.3. The van der Waals surface area contributed by atoms with E-state index in [-0.39, 0.29) is 11.9 Å². The van der Waals surface area contributed by atoms with Crippen LogP contribution in [0.2, 0.25) is 0 Å². The Morgan fingerprint density at radius 1 is 0.897 bits per heavy atom. The highest BCUT2D eigenvalue weighted by atomic mass is 32.2. The molecule has 1 aliphatic carbocycles. The van der Waals surface area contributed by atoms with Gasteiger partial charge in [0.25, 0.3) is 5.91 Å². The lowest BCUT2D eigenvalue weighted by Crippen LogP contribution is -2.40. The molecule has 39 heavy (non-hydrogen) atoms. The van der Waals surface area contributed by atoms with Crippen LogP contribution in [0.3, 0.4) is 0 Å². The highest BCUT2D eigenvalue weighted by Gasteiger charge is 2.39. The number of ether oxygens (including phenoxy) is 1. The lowest BCUT2D eigenvalue weighted by molar-refractivity contribution is -0.124. The Labute approximate surface area is 234 Å². The number of thioether (sulfide) groups is 1. The molecule has 1 amide bonds. The zero-order chi connectivity index (χ0) is 26.6. The van der Waals surface area contributed by atoms with Crippen LogP contribution in [0.4, 0.5) is 5.69 Å². The monoisotopic (exact) mass is 532 g/mol. The van der Waals surface area contributed by atoms with Crippen molar-refractivity contribution in [1.29, 1.82) is 0 Å². The predicted molar refractivity (Wildman–Crippen MR) is 162 cm³/mol. The Balaban J connectivity index is 1.40. The van der Waals surface area contributed by atoms with Crippen LogP contribution >= 0.6 is 11.8 Å². The van der Waals surface area contributed by atoms with Crippen LogP contribution in [-0.4, -0.2) is 22.0 Å². The fourth-order valence-corrected chi connectivity index (χ4v) is 6.41. The second-order valence-electron chi connectivity index (χ2n) is 10.3. The summed E-state index contributed by atoms with van der Waals surface area (Å²) in [5.74, 6) is 0.811. The minimum atomic E-state index is 0.0414. The number of hydrogen-bond acceptors (Lipinski definition) is 4. The summed E-state index contributed by atoms with van der Waals surface area (Å²) in [7, 11) is 0. The molecule has 0 unspecified atom stereocenters. The second kappa shape index (κ2) is 11.5. The van der Waals surface area contributed by atoms with Gasteiger partial charge in [-0.2, -0.15) is 0 Å². The van der Waals surface area contributed by atoms with Gasteiger partial charge in [0, 0.05) is 11.6 Å². The lowest BCUT2D eigenvalue weighted by Gasteiger charge is -2.30. The Hall–Kier alpha value is -3.83. The van der Waals surface area contributed by atoms with Gasteiger partial charge in [-0.25, -0.2) is 4.99 Å². The first-order valence-corrected chi connectivity index (χ1v) is 14.5. The average Bonchev–Trinajstić information content (AvgIpc) is 3.28. The molecular weight excluding hydrogens is 500 g/mol. The summed E-state index contributed by atoms with van der Waals surface area (Å²) in [4.78, 5) is 21.6. The van der Waals surface area contributed by atoms with Crippen molar-refractivity contribution >= 4 is 45.4 Å². The van der Waals surface area contributed by atoms with Gasteiger partial charge in [0.05, 0.1) is 10.6 Å². The van der Waals surface area contributed by atoms with Crippen LogP contribution in [0, 0.1) is 6.92 Å². The third-order valence-electron chi connectivity index (χ3n) is 7.48. The molecule has 0 aromatic heterocycles. The van der Waals surface area contributed by atoms with Gasteiger partial charge in [-0.3, -0.25) is 9.69 Å². The number of benzene rings is 4. The normalized spacial score (nSPS) is 18.4. The minimum Gasteiger partial charge on any atom is -0.488 e. The number of amides is 1. The summed E-state index contributed by atoms with van der Waals surface area (Å²) >= 11 is 1.48. The van der Waals surface area contributed by atoms with Gasteiger partial charge in [-0.1, -0.05) is 97.6 Å². The van der Waals surface area contributed by atoms with E-state index in [1.165, 1.54) is 23.7 Å². The molecule has 0 atom stereocenters. The Morgan fingerprint density at radius 3 is 2.44 bits per heavy atom. The van der Waals surface area contributed by atoms with E-state index >= 15 is 0 Å². The summed E-state index contributed by atoms with van der Waals surface area (Å²) in [5, 5.41) is 2.95. The quantitative estimate of drug-likeness (QED) is 0.233. The first-order chi connectivity index (χ1) is 19.2. The summed E-state index contributed by atoms with van der Waals surface area (Å²) in [6.45, 7) is 2.53. The van der Waals surface area contributed by atoms with Crippen molar-refractivity contribution in [1.82, 2.24) is 4.90 Å². The van der Waals surface area contributed by atoms with Gasteiger partial charge in [0.15, 0.2) is 5.17 Å². The molecule has 0 radical (unpaired) electrons. The minimum absolute atomic E-state index is 0.0414. The molecule has 0 bridgehead atoms. The van der Waals surface area contributed by atoms with Crippen molar-refractivity contribution in [3.8, 4) is 5.75 Å². The summed E-state index contributed by atoms with van der Waals surface area (Å²) in [6, 6.07) is 30.9. The molecule has 1 aliphatic heterocycles. The molecule has 6 rings (SSSR count). The van der Waals surface area contributed by atoms with Crippen LogP contribution < -0.4 is 4.74 Å². The van der Waals surface area contributed by atoms with E-state index in [1.807, 2.05) is 59.5 Å². The van der Waals surface area contributed by atoms with Gasteiger partial charge < -0.3 is 4.74 Å². The van der Waals surface area contributed by atoms with Crippen LogP contribution in [0.15, 0.2) is 101 Å². The molecule has 0 spiro atoms. The maximum Gasteiger partial charge on any atom is 0.267 e. The Kier molecular flexibility index (Phi) is 7.51. The summed E-state index contributed by atoms with van der Waals surface area (Å²) < 4.78 is 6.34. The maximum absolute atomic E-state index is 14.0. The van der Waals surface area contributed by atoms with Crippen LogP contribution in [0.1, 0.15) is 48.8 Å². The van der Waals surface area contributed by atoms with E-state index in [9.17, 15) is 4.79 Å². The van der Waals surface area contributed by atoms with Gasteiger partial charge in [0.2, 0.25) is 0 Å². The molecule has 1 saturated heterocycles. The van der Waals surface area contributed by atoms with Crippen molar-refractivity contribution in [3.63, 3.8) is 0 Å². The number of carbonyl (C=O) groups is 1. The first kappa shape index (κ1) is 25.4. The van der Waals surface area contributed by atoms with Gasteiger partial charge >= 0.3 is 0 Å². The molecular formula is C34H32N2O2S. The maximum atomic E-state index is 14.0. The van der Waals surface area contributed by atoms with Crippen LogP contribution in [-0.2, 0) is 11.4 Å². The van der Waals surface area contributed by atoms with Crippen molar-refractivity contribution < 1.29 is 9.53 Å². The third kappa shape index (κ3) is 5.64. The fourth-order valence-electron chi connectivity index (χ4n) is 5.37. The SMILES string of the molecule is Cc1ccc(N=C2S/C(=C/c3c(OCc4ccccc4)ccc4ccccc34)C(=O)N2C2CCCCC2)cc1. The lowest BCUT2D eigenvalue weighted by atomic mass is 9.94. The average molecular weight is 533 g/mol. The molecule has 1 saturated carbocycles. The number of rotatable bonds is 6. The number of hydrogen-bond donors (Lipinski definition) is 0. The molecule has 2 aliphatic rings. The molecule has 196 valence electrons. The molecule has 0 N–H and O–H groups in total. The number of aryl methyl sites for hydroxylation is 1. The van der Waals surface area contributed by atoms with Crippen LogP contribution in [0.25, 0.3) is 16.8 Å². The Morgan fingerprint density at radius 2 is 1.64 bits per heavy atom. The van der Waals surface area contributed by atoms with E-state index in [0.717, 1.165) is 64.2 Å². The van der Waals surface area contributed by atoms with Gasteiger partial charge in [0.1, 0.15) is 12.4 Å². The molecule has 1 heterocycles. The van der Waals surface area contributed by atoms with Crippen molar-refractivity contribution in [2.24, 2.45) is 4.99 Å².